The number of nitrogens with zero attached hydrogens (tertiary/aromatic N) is 1. The second-order valence-corrected chi connectivity index (χ2v) is 7.57. The maximum atomic E-state index is 12.1. The second-order valence-electron chi connectivity index (χ2n) is 5.62. The van der Waals surface area contributed by atoms with Crippen molar-refractivity contribution in [1.82, 2.24) is 4.57 Å². The van der Waals surface area contributed by atoms with Crippen molar-refractivity contribution in [2.75, 3.05) is 6.26 Å². The maximum Gasteiger partial charge on any atom is 0.253 e. The first kappa shape index (κ1) is 17.8. The molecule has 0 aliphatic rings. The number of unbranched alkanes of at least 4 members (excludes halogenated alkanes) is 1. The number of aromatic hydroxyl groups is 1. The minimum Gasteiger partial charge on any atom is -0.493 e. The summed E-state index contributed by atoms with van der Waals surface area (Å²) in [6.07, 6.45) is 5.01. The van der Waals surface area contributed by atoms with Gasteiger partial charge in [0.2, 0.25) is 5.88 Å². The van der Waals surface area contributed by atoms with Crippen LogP contribution in [0.5, 0.6) is 5.88 Å². The number of pyridine rings is 1. The predicted octanol–water partition coefficient (Wildman–Crippen LogP) is 2.48. The number of rotatable bonds is 7. The molecule has 5 nitrogen and oxygen atoms in total. The fourth-order valence-corrected chi connectivity index (χ4v) is 3.63. The molecule has 0 radical (unpaired) electrons. The van der Waals surface area contributed by atoms with Gasteiger partial charge in [0.25, 0.3) is 5.56 Å². The molecular formula is C15H25NO4S. The Labute approximate surface area is 126 Å². The Morgan fingerprint density at radius 3 is 2.43 bits per heavy atom. The third-order valence-electron chi connectivity index (χ3n) is 3.78. The van der Waals surface area contributed by atoms with Crippen LogP contribution >= 0.6 is 0 Å². The molecule has 21 heavy (non-hydrogen) atoms. The Balaban J connectivity index is 3.28. The van der Waals surface area contributed by atoms with Gasteiger partial charge in [-0.3, -0.25) is 9.36 Å². The minimum absolute atomic E-state index is 0.146. The van der Waals surface area contributed by atoms with E-state index in [2.05, 4.69) is 6.92 Å². The van der Waals surface area contributed by atoms with Gasteiger partial charge in [0, 0.05) is 18.9 Å². The van der Waals surface area contributed by atoms with Crippen molar-refractivity contribution < 1.29 is 13.5 Å². The fraction of sp³-hybridized carbons (Fsp3) is 0.667. The zero-order valence-electron chi connectivity index (χ0n) is 13.2. The van der Waals surface area contributed by atoms with E-state index >= 15 is 0 Å². The van der Waals surface area contributed by atoms with E-state index in [1.165, 1.54) is 17.6 Å². The molecule has 1 heterocycles. The molecule has 120 valence electrons. The molecule has 1 rings (SSSR count). The molecule has 1 unspecified atom stereocenters. The minimum atomic E-state index is -3.57. The Bertz CT molecular complexity index is 646. The number of sulfone groups is 1. The highest BCUT2D eigenvalue weighted by atomic mass is 32.2. The van der Waals surface area contributed by atoms with Crippen molar-refractivity contribution in [2.45, 2.75) is 57.9 Å². The lowest BCUT2D eigenvalue weighted by Gasteiger charge is -2.19. The van der Waals surface area contributed by atoms with Gasteiger partial charge in [-0.2, -0.15) is 0 Å². The first-order chi connectivity index (χ1) is 9.72. The highest BCUT2D eigenvalue weighted by molar-refractivity contribution is 7.90. The Morgan fingerprint density at radius 1 is 1.33 bits per heavy atom. The van der Waals surface area contributed by atoms with Gasteiger partial charge >= 0.3 is 0 Å². The summed E-state index contributed by atoms with van der Waals surface area (Å²) in [4.78, 5) is 11.9. The van der Waals surface area contributed by atoms with Crippen LogP contribution in [0.25, 0.3) is 0 Å². The van der Waals surface area contributed by atoms with Gasteiger partial charge < -0.3 is 5.11 Å². The summed E-state index contributed by atoms with van der Waals surface area (Å²) >= 11 is 0. The van der Waals surface area contributed by atoms with Crippen LogP contribution in [0, 0.1) is 12.8 Å². The zero-order chi connectivity index (χ0) is 16.2. The summed E-state index contributed by atoms with van der Waals surface area (Å²) in [6.45, 7) is 6.01. The summed E-state index contributed by atoms with van der Waals surface area (Å²) < 4.78 is 24.8. The van der Waals surface area contributed by atoms with Crippen LogP contribution in [0.2, 0.25) is 0 Å². The molecule has 0 fully saturated rings. The molecule has 0 saturated carbocycles. The third kappa shape index (κ3) is 4.33. The van der Waals surface area contributed by atoms with Gasteiger partial charge in [-0.05, 0) is 24.8 Å². The van der Waals surface area contributed by atoms with Crippen LogP contribution in [0.3, 0.4) is 0 Å². The average Bonchev–Trinajstić information content (AvgIpc) is 2.35. The molecule has 0 amide bonds. The van der Waals surface area contributed by atoms with Crippen molar-refractivity contribution in [2.24, 2.45) is 5.92 Å². The van der Waals surface area contributed by atoms with E-state index in [-0.39, 0.29) is 21.9 Å². The van der Waals surface area contributed by atoms with Gasteiger partial charge in [-0.25, -0.2) is 8.42 Å². The summed E-state index contributed by atoms with van der Waals surface area (Å²) in [5.41, 5.74) is -0.0646. The lowest BCUT2D eigenvalue weighted by Crippen LogP contribution is -2.25. The summed E-state index contributed by atoms with van der Waals surface area (Å²) in [5, 5.41) is 10.2. The smallest absolute Gasteiger partial charge is 0.253 e. The van der Waals surface area contributed by atoms with Gasteiger partial charge in [-0.1, -0.05) is 33.1 Å². The normalized spacial score (nSPS) is 13.3. The number of hydrogen-bond acceptors (Lipinski definition) is 4. The molecule has 0 saturated heterocycles. The summed E-state index contributed by atoms with van der Waals surface area (Å²) in [6, 6.07) is 1.28. The van der Waals surface area contributed by atoms with Crippen LogP contribution in [0.15, 0.2) is 15.8 Å². The van der Waals surface area contributed by atoms with E-state index in [4.69, 9.17) is 0 Å². The average molecular weight is 315 g/mol. The summed E-state index contributed by atoms with van der Waals surface area (Å²) in [7, 11) is -3.57. The van der Waals surface area contributed by atoms with E-state index in [1.807, 2.05) is 6.92 Å². The molecule has 0 bridgehead atoms. The number of aromatic nitrogens is 1. The quantitative estimate of drug-likeness (QED) is 0.838. The SMILES string of the molecule is CCCCC(CC)Cn1c(O)c(S(C)(=O)=O)c(C)cc1=O. The molecule has 0 aromatic carbocycles. The van der Waals surface area contributed by atoms with Crippen LogP contribution < -0.4 is 5.56 Å². The molecular weight excluding hydrogens is 290 g/mol. The Kier molecular flexibility index (Phi) is 6.01. The standard InChI is InChI=1S/C15H25NO4S/c1-5-7-8-12(6-2)10-16-13(17)9-11(3)14(15(16)18)21(4,19)20/h9,12,18H,5-8,10H2,1-4H3. The largest absolute Gasteiger partial charge is 0.493 e. The van der Waals surface area contributed by atoms with Crippen molar-refractivity contribution >= 4 is 9.84 Å². The van der Waals surface area contributed by atoms with Crippen LogP contribution in [-0.2, 0) is 16.4 Å². The van der Waals surface area contributed by atoms with E-state index in [0.29, 0.717) is 6.54 Å². The molecule has 0 aliphatic carbocycles. The van der Waals surface area contributed by atoms with E-state index in [1.54, 1.807) is 0 Å². The lowest BCUT2D eigenvalue weighted by atomic mass is 9.99. The second kappa shape index (κ2) is 7.11. The molecule has 1 aromatic rings. The number of aryl methyl sites for hydroxylation is 1. The first-order valence-corrected chi connectivity index (χ1v) is 9.24. The summed E-state index contributed by atoms with van der Waals surface area (Å²) in [5.74, 6) is -0.180. The van der Waals surface area contributed by atoms with Crippen LogP contribution in [0.1, 0.15) is 45.1 Å². The predicted molar refractivity (Wildman–Crippen MR) is 83.5 cm³/mol. The maximum absolute atomic E-state index is 12.1. The molecule has 1 atom stereocenters. The Hall–Kier alpha value is -1.30. The van der Waals surface area contributed by atoms with E-state index in [9.17, 15) is 18.3 Å². The lowest BCUT2D eigenvalue weighted by molar-refractivity contribution is 0.331. The van der Waals surface area contributed by atoms with Crippen LogP contribution in [-0.4, -0.2) is 24.3 Å². The molecule has 1 aromatic heterocycles. The van der Waals surface area contributed by atoms with Crippen LogP contribution in [0.4, 0.5) is 0 Å². The van der Waals surface area contributed by atoms with Gasteiger partial charge in [0.1, 0.15) is 4.90 Å². The fourth-order valence-electron chi connectivity index (χ4n) is 2.54. The van der Waals surface area contributed by atoms with Crippen molar-refractivity contribution in [3.8, 4) is 5.88 Å². The molecule has 1 N–H and O–H groups in total. The van der Waals surface area contributed by atoms with E-state index in [0.717, 1.165) is 31.9 Å². The van der Waals surface area contributed by atoms with Gasteiger partial charge in [0.05, 0.1) is 0 Å². The zero-order valence-corrected chi connectivity index (χ0v) is 14.0. The van der Waals surface area contributed by atoms with Crippen molar-refractivity contribution in [3.05, 3.63) is 22.0 Å². The first-order valence-electron chi connectivity index (χ1n) is 7.35. The van der Waals surface area contributed by atoms with Gasteiger partial charge in [-0.15, -0.1) is 0 Å². The van der Waals surface area contributed by atoms with E-state index < -0.39 is 15.7 Å². The number of hydrogen-bond donors (Lipinski definition) is 1. The monoisotopic (exact) mass is 315 g/mol. The third-order valence-corrected chi connectivity index (χ3v) is 5.02. The molecule has 0 aliphatic heterocycles. The van der Waals surface area contributed by atoms with Crippen molar-refractivity contribution in [3.63, 3.8) is 0 Å². The van der Waals surface area contributed by atoms with Crippen molar-refractivity contribution in [1.29, 1.82) is 0 Å². The topological polar surface area (TPSA) is 76.4 Å². The van der Waals surface area contributed by atoms with Gasteiger partial charge in [0.15, 0.2) is 9.84 Å². The highest BCUT2D eigenvalue weighted by Crippen LogP contribution is 2.26. The Morgan fingerprint density at radius 2 is 1.95 bits per heavy atom. The highest BCUT2D eigenvalue weighted by Gasteiger charge is 2.22. The molecule has 0 spiro atoms. The molecule has 6 heteroatoms.